The van der Waals surface area contributed by atoms with Crippen LogP contribution in [0.5, 0.6) is 0 Å². The minimum atomic E-state index is -1.01. The van der Waals surface area contributed by atoms with Crippen LogP contribution in [0, 0.1) is 0 Å². The summed E-state index contributed by atoms with van der Waals surface area (Å²) >= 11 is 0. The van der Waals surface area contributed by atoms with Crippen molar-refractivity contribution in [2.45, 2.75) is 74.8 Å². The third-order valence-corrected chi connectivity index (χ3v) is 7.05. The smallest absolute Gasteiger partial charge is 0.149 e. The normalized spacial score (nSPS) is 29.0. The molecule has 1 aromatic heterocycles. The van der Waals surface area contributed by atoms with Gasteiger partial charge in [-0.3, -0.25) is 4.21 Å². The molecule has 1 spiro atoms. The van der Waals surface area contributed by atoms with Gasteiger partial charge in [0.25, 0.3) is 0 Å². The first kappa shape index (κ1) is 15.5. The SMILES string of the molecule is CC(C)(C)c1nc2c(c(N3CCC(O)C34CCC4)n1)S(=O)CC2. The van der Waals surface area contributed by atoms with Crippen LogP contribution in [-0.4, -0.2) is 43.2 Å². The second-order valence-electron chi connectivity index (χ2n) is 8.11. The summed E-state index contributed by atoms with van der Waals surface area (Å²) in [5.41, 5.74) is 0.636. The van der Waals surface area contributed by atoms with Crippen molar-refractivity contribution in [2.24, 2.45) is 0 Å². The van der Waals surface area contributed by atoms with Crippen LogP contribution in [0.1, 0.15) is 58.0 Å². The van der Waals surface area contributed by atoms with Crippen molar-refractivity contribution < 1.29 is 9.32 Å². The van der Waals surface area contributed by atoms with Crippen LogP contribution in [0.3, 0.4) is 0 Å². The fourth-order valence-corrected chi connectivity index (χ4v) is 5.43. The lowest BCUT2D eigenvalue weighted by atomic mass is 9.73. The predicted molar refractivity (Wildman–Crippen MR) is 90.3 cm³/mol. The number of aromatic nitrogens is 2. The molecule has 1 saturated carbocycles. The Morgan fingerprint density at radius 3 is 2.65 bits per heavy atom. The topological polar surface area (TPSA) is 66.3 Å². The largest absolute Gasteiger partial charge is 0.391 e. The van der Waals surface area contributed by atoms with Crippen LogP contribution in [0.4, 0.5) is 5.82 Å². The molecule has 6 heteroatoms. The summed E-state index contributed by atoms with van der Waals surface area (Å²) < 4.78 is 12.5. The third-order valence-electron chi connectivity index (χ3n) is 5.60. The van der Waals surface area contributed by atoms with Gasteiger partial charge in [-0.2, -0.15) is 0 Å². The van der Waals surface area contributed by atoms with Crippen LogP contribution >= 0.6 is 0 Å². The standard InChI is InChI=1S/C17H25N3O2S/c1-16(2,3)15-18-11-6-10-23(22)13(11)14(19-15)20-9-5-12(21)17(20)7-4-8-17/h12,21H,4-10H2,1-3H3. The molecule has 2 atom stereocenters. The molecule has 5 nitrogen and oxygen atoms in total. The fourth-order valence-electron chi connectivity index (χ4n) is 4.08. The van der Waals surface area contributed by atoms with E-state index in [1.807, 2.05) is 0 Å². The lowest BCUT2D eigenvalue weighted by Gasteiger charge is -2.48. The molecule has 2 fully saturated rings. The number of anilines is 1. The van der Waals surface area contributed by atoms with E-state index in [-0.39, 0.29) is 17.1 Å². The Bertz CT molecular complexity index is 679. The van der Waals surface area contributed by atoms with Gasteiger partial charge in [-0.25, -0.2) is 9.97 Å². The zero-order valence-corrected chi connectivity index (χ0v) is 14.9. The zero-order chi connectivity index (χ0) is 16.4. The van der Waals surface area contributed by atoms with E-state index in [1.165, 1.54) is 0 Å². The molecule has 0 bridgehead atoms. The van der Waals surface area contributed by atoms with Crippen LogP contribution in [-0.2, 0) is 22.6 Å². The van der Waals surface area contributed by atoms with Gasteiger partial charge < -0.3 is 10.0 Å². The highest BCUT2D eigenvalue weighted by Crippen LogP contribution is 2.49. The number of fused-ring (bicyclic) bond motifs is 1. The van der Waals surface area contributed by atoms with E-state index in [4.69, 9.17) is 9.97 Å². The first-order chi connectivity index (χ1) is 10.8. The minimum absolute atomic E-state index is 0.140. The van der Waals surface area contributed by atoms with E-state index in [9.17, 15) is 9.32 Å². The van der Waals surface area contributed by atoms with E-state index < -0.39 is 10.8 Å². The van der Waals surface area contributed by atoms with E-state index >= 15 is 0 Å². The van der Waals surface area contributed by atoms with Crippen molar-refractivity contribution in [2.75, 3.05) is 17.2 Å². The average Bonchev–Trinajstić information content (AvgIpc) is 2.97. The maximum Gasteiger partial charge on any atom is 0.149 e. The highest BCUT2D eigenvalue weighted by molar-refractivity contribution is 7.85. The van der Waals surface area contributed by atoms with Crippen molar-refractivity contribution in [3.63, 3.8) is 0 Å². The summed E-state index contributed by atoms with van der Waals surface area (Å²) in [6, 6.07) is 0. The van der Waals surface area contributed by atoms with Crippen LogP contribution in [0.2, 0.25) is 0 Å². The molecule has 1 N–H and O–H groups in total. The second-order valence-corrected chi connectivity index (χ2v) is 9.62. The van der Waals surface area contributed by atoms with E-state index in [2.05, 4.69) is 25.7 Å². The van der Waals surface area contributed by atoms with Gasteiger partial charge in [0.2, 0.25) is 0 Å². The molecule has 0 radical (unpaired) electrons. The molecular weight excluding hydrogens is 310 g/mol. The van der Waals surface area contributed by atoms with Crippen LogP contribution in [0.15, 0.2) is 4.90 Å². The molecule has 0 aromatic carbocycles. The summed E-state index contributed by atoms with van der Waals surface area (Å²) in [6.07, 6.45) is 4.40. The monoisotopic (exact) mass is 335 g/mol. The van der Waals surface area contributed by atoms with Crippen molar-refractivity contribution in [1.82, 2.24) is 9.97 Å². The van der Waals surface area contributed by atoms with Gasteiger partial charge in [-0.15, -0.1) is 0 Å². The Balaban J connectivity index is 1.88. The summed E-state index contributed by atoms with van der Waals surface area (Å²) in [4.78, 5) is 12.7. The Labute approximate surface area is 140 Å². The van der Waals surface area contributed by atoms with E-state index in [0.29, 0.717) is 5.75 Å². The van der Waals surface area contributed by atoms with Crippen molar-refractivity contribution in [1.29, 1.82) is 0 Å². The highest BCUT2D eigenvalue weighted by Gasteiger charge is 2.53. The molecule has 2 aliphatic heterocycles. The maximum atomic E-state index is 12.5. The van der Waals surface area contributed by atoms with Gasteiger partial charge in [-0.1, -0.05) is 20.8 Å². The summed E-state index contributed by atoms with van der Waals surface area (Å²) in [6.45, 7) is 7.14. The molecule has 1 aromatic rings. The number of hydrogen-bond acceptors (Lipinski definition) is 5. The van der Waals surface area contributed by atoms with Crippen molar-refractivity contribution in [3.05, 3.63) is 11.5 Å². The minimum Gasteiger partial charge on any atom is -0.391 e. The summed E-state index contributed by atoms with van der Waals surface area (Å²) in [7, 11) is -1.01. The number of nitrogens with zero attached hydrogens (tertiary/aromatic N) is 3. The lowest BCUT2D eigenvalue weighted by Crippen LogP contribution is -2.56. The Morgan fingerprint density at radius 1 is 1.30 bits per heavy atom. The van der Waals surface area contributed by atoms with Gasteiger partial charge >= 0.3 is 0 Å². The third kappa shape index (κ3) is 2.18. The molecular formula is C17H25N3O2S. The van der Waals surface area contributed by atoms with Gasteiger partial charge in [0.05, 0.1) is 28.1 Å². The molecule has 3 heterocycles. The van der Waals surface area contributed by atoms with Gasteiger partial charge in [0, 0.05) is 24.1 Å². The molecule has 1 saturated heterocycles. The molecule has 1 aliphatic carbocycles. The highest BCUT2D eigenvalue weighted by atomic mass is 32.2. The average molecular weight is 335 g/mol. The molecule has 2 unspecified atom stereocenters. The number of aliphatic hydroxyl groups is 1. The number of rotatable bonds is 1. The molecule has 126 valence electrons. The molecule has 23 heavy (non-hydrogen) atoms. The Morgan fingerprint density at radius 2 is 2.04 bits per heavy atom. The first-order valence-electron chi connectivity index (χ1n) is 8.58. The number of hydrogen-bond donors (Lipinski definition) is 1. The first-order valence-corrected chi connectivity index (χ1v) is 9.90. The van der Waals surface area contributed by atoms with Crippen LogP contribution in [0.25, 0.3) is 0 Å². The quantitative estimate of drug-likeness (QED) is 0.849. The molecule has 0 amide bonds. The van der Waals surface area contributed by atoms with E-state index in [0.717, 1.165) is 60.9 Å². The summed E-state index contributed by atoms with van der Waals surface area (Å²) in [5, 5.41) is 10.5. The fraction of sp³-hybridized carbons (Fsp3) is 0.765. The van der Waals surface area contributed by atoms with E-state index in [1.54, 1.807) is 0 Å². The van der Waals surface area contributed by atoms with Crippen molar-refractivity contribution in [3.8, 4) is 0 Å². The van der Waals surface area contributed by atoms with Crippen molar-refractivity contribution >= 4 is 16.6 Å². The second kappa shape index (κ2) is 4.99. The molecule has 3 aliphatic rings. The van der Waals surface area contributed by atoms with Crippen LogP contribution < -0.4 is 4.90 Å². The summed E-state index contributed by atoms with van der Waals surface area (Å²) in [5.74, 6) is 2.31. The predicted octanol–water partition coefficient (Wildman–Crippen LogP) is 1.93. The zero-order valence-electron chi connectivity index (χ0n) is 14.1. The van der Waals surface area contributed by atoms with Gasteiger partial charge in [-0.05, 0) is 25.7 Å². The molecule has 4 rings (SSSR count). The van der Waals surface area contributed by atoms with Gasteiger partial charge in [0.1, 0.15) is 16.5 Å². The Hall–Kier alpha value is -1.01. The van der Waals surface area contributed by atoms with Gasteiger partial charge in [0.15, 0.2) is 0 Å². The number of aliphatic hydroxyl groups excluding tert-OH is 1. The maximum absolute atomic E-state index is 12.5. The lowest BCUT2D eigenvalue weighted by molar-refractivity contribution is 0.0578. The number of aryl methyl sites for hydroxylation is 1. The Kier molecular flexibility index (Phi) is 3.37.